The van der Waals surface area contributed by atoms with E-state index in [1.54, 1.807) is 12.3 Å². The normalized spacial score (nSPS) is 15.1. The van der Waals surface area contributed by atoms with Crippen LogP contribution in [0.1, 0.15) is 29.5 Å². The molecule has 0 bridgehead atoms. The van der Waals surface area contributed by atoms with Crippen molar-refractivity contribution in [2.24, 2.45) is 5.73 Å². The van der Waals surface area contributed by atoms with E-state index < -0.39 is 17.1 Å². The predicted octanol–water partition coefficient (Wildman–Crippen LogP) is 5.71. The fourth-order valence-corrected chi connectivity index (χ4v) is 5.46. The number of amides is 1. The number of halogens is 1. The van der Waals surface area contributed by atoms with Gasteiger partial charge in [-0.1, -0.05) is 42.0 Å². The molecule has 1 aliphatic heterocycles. The summed E-state index contributed by atoms with van der Waals surface area (Å²) in [5.74, 6) is -0.583. The van der Waals surface area contributed by atoms with Crippen molar-refractivity contribution in [1.82, 2.24) is 9.38 Å². The molecule has 3 heterocycles. The lowest BCUT2D eigenvalue weighted by atomic mass is 9.73. The van der Waals surface area contributed by atoms with Crippen molar-refractivity contribution < 1.29 is 18.7 Å². The Bertz CT molecular complexity index is 1670. The van der Waals surface area contributed by atoms with Crippen LogP contribution in [0.4, 0.5) is 4.39 Å². The maximum absolute atomic E-state index is 14.6. The van der Waals surface area contributed by atoms with E-state index in [9.17, 15) is 9.18 Å². The topological polar surface area (TPSA) is 78.9 Å². The first kappa shape index (κ1) is 24.1. The lowest BCUT2D eigenvalue weighted by Crippen LogP contribution is -2.45. The number of nitrogens with zero attached hydrogens (tertiary/aromatic N) is 2. The Morgan fingerprint density at radius 1 is 1.11 bits per heavy atom. The van der Waals surface area contributed by atoms with E-state index in [-0.39, 0.29) is 6.61 Å². The van der Waals surface area contributed by atoms with Crippen molar-refractivity contribution in [2.75, 3.05) is 13.2 Å². The highest BCUT2D eigenvalue weighted by Crippen LogP contribution is 2.37. The maximum atomic E-state index is 14.6. The SMILES string of the molecule is Cc1cccc(-c2cc3nccn3c3cc(COc4cc(F)cc(C5(C(N)=O)CCOCC5)c4)ccc23)c1. The molecule has 5 aromatic rings. The first-order valence-electron chi connectivity index (χ1n) is 12.7. The van der Waals surface area contributed by atoms with E-state index in [0.717, 1.165) is 33.2 Å². The van der Waals surface area contributed by atoms with E-state index in [1.165, 1.54) is 17.7 Å². The Hall–Kier alpha value is -4.23. The second-order valence-electron chi connectivity index (χ2n) is 9.96. The summed E-state index contributed by atoms with van der Waals surface area (Å²) in [5, 5.41) is 1.10. The van der Waals surface area contributed by atoms with Crippen LogP contribution in [0, 0.1) is 12.7 Å². The zero-order valence-electron chi connectivity index (χ0n) is 21.1. The maximum Gasteiger partial charge on any atom is 0.228 e. The van der Waals surface area contributed by atoms with Crippen molar-refractivity contribution in [3.63, 3.8) is 0 Å². The molecule has 1 saturated heterocycles. The molecular weight excluding hydrogens is 481 g/mol. The van der Waals surface area contributed by atoms with E-state index >= 15 is 0 Å². The third-order valence-electron chi connectivity index (χ3n) is 7.53. The van der Waals surface area contributed by atoms with Gasteiger partial charge in [-0.15, -0.1) is 0 Å². The summed E-state index contributed by atoms with van der Waals surface area (Å²) in [6.07, 6.45) is 4.57. The van der Waals surface area contributed by atoms with Gasteiger partial charge in [0.15, 0.2) is 0 Å². The van der Waals surface area contributed by atoms with Gasteiger partial charge in [0.25, 0.3) is 0 Å². The molecule has 0 radical (unpaired) electrons. The number of carbonyl (C=O) groups is 1. The van der Waals surface area contributed by atoms with Crippen molar-refractivity contribution in [1.29, 1.82) is 0 Å². The van der Waals surface area contributed by atoms with Crippen LogP contribution in [0.2, 0.25) is 0 Å². The summed E-state index contributed by atoms with van der Waals surface area (Å²) in [6.45, 7) is 3.12. The smallest absolute Gasteiger partial charge is 0.228 e. The average molecular weight is 510 g/mol. The second-order valence-corrected chi connectivity index (χ2v) is 9.96. The van der Waals surface area contributed by atoms with E-state index in [0.29, 0.717) is 37.4 Å². The number of pyridine rings is 1. The molecule has 0 atom stereocenters. The largest absolute Gasteiger partial charge is 0.489 e. The number of aromatic nitrogens is 2. The Kier molecular flexibility index (Phi) is 6.08. The molecule has 1 fully saturated rings. The van der Waals surface area contributed by atoms with Gasteiger partial charge < -0.3 is 15.2 Å². The molecule has 6 rings (SSSR count). The van der Waals surface area contributed by atoms with Gasteiger partial charge in [-0.25, -0.2) is 9.37 Å². The summed E-state index contributed by atoms with van der Waals surface area (Å²) < 4.78 is 28.2. The van der Waals surface area contributed by atoms with Crippen molar-refractivity contribution in [3.8, 4) is 16.9 Å². The minimum Gasteiger partial charge on any atom is -0.489 e. The lowest BCUT2D eigenvalue weighted by Gasteiger charge is -2.34. The Morgan fingerprint density at radius 2 is 1.95 bits per heavy atom. The molecule has 192 valence electrons. The van der Waals surface area contributed by atoms with E-state index in [4.69, 9.17) is 15.2 Å². The summed E-state index contributed by atoms with van der Waals surface area (Å²) in [6, 6.07) is 21.2. The van der Waals surface area contributed by atoms with Crippen LogP contribution in [0.25, 0.3) is 27.7 Å². The Labute approximate surface area is 219 Å². The molecule has 1 aliphatic rings. The lowest BCUT2D eigenvalue weighted by molar-refractivity contribution is -0.127. The summed E-state index contributed by atoms with van der Waals surface area (Å²) in [4.78, 5) is 17.0. The minimum absolute atomic E-state index is 0.233. The van der Waals surface area contributed by atoms with Gasteiger partial charge in [0, 0.05) is 37.1 Å². The van der Waals surface area contributed by atoms with Crippen LogP contribution >= 0.6 is 0 Å². The highest BCUT2D eigenvalue weighted by atomic mass is 19.1. The first-order chi connectivity index (χ1) is 18.4. The quantitative estimate of drug-likeness (QED) is 0.318. The monoisotopic (exact) mass is 509 g/mol. The molecule has 3 aromatic carbocycles. The van der Waals surface area contributed by atoms with E-state index in [2.05, 4.69) is 58.8 Å². The Balaban J connectivity index is 1.34. The first-order valence-corrected chi connectivity index (χ1v) is 12.7. The number of primary amides is 1. The highest BCUT2D eigenvalue weighted by Gasteiger charge is 2.40. The molecule has 38 heavy (non-hydrogen) atoms. The number of aryl methyl sites for hydroxylation is 1. The van der Waals surface area contributed by atoms with E-state index in [1.807, 2.05) is 12.3 Å². The molecule has 7 heteroatoms. The zero-order chi connectivity index (χ0) is 26.3. The predicted molar refractivity (Wildman–Crippen MR) is 145 cm³/mol. The number of nitrogens with two attached hydrogens (primary N) is 1. The molecule has 6 nitrogen and oxygen atoms in total. The van der Waals surface area contributed by atoms with Gasteiger partial charge in [0.1, 0.15) is 23.8 Å². The van der Waals surface area contributed by atoms with Gasteiger partial charge in [-0.2, -0.15) is 0 Å². The fourth-order valence-electron chi connectivity index (χ4n) is 5.46. The van der Waals surface area contributed by atoms with Crippen molar-refractivity contribution in [3.05, 3.63) is 102 Å². The van der Waals surface area contributed by atoms with Gasteiger partial charge >= 0.3 is 0 Å². The second kappa shape index (κ2) is 9.58. The average Bonchev–Trinajstić information content (AvgIpc) is 3.40. The van der Waals surface area contributed by atoms with Crippen LogP contribution in [0.15, 0.2) is 79.1 Å². The third kappa shape index (κ3) is 4.29. The van der Waals surface area contributed by atoms with Crippen LogP contribution in [-0.2, 0) is 21.6 Å². The van der Waals surface area contributed by atoms with Gasteiger partial charge in [0.05, 0.1) is 10.9 Å². The minimum atomic E-state index is -0.958. The number of hydrogen-bond donors (Lipinski definition) is 1. The molecule has 0 saturated carbocycles. The molecule has 0 unspecified atom stereocenters. The molecule has 2 N–H and O–H groups in total. The van der Waals surface area contributed by atoms with Gasteiger partial charge in [0.2, 0.25) is 5.91 Å². The van der Waals surface area contributed by atoms with Crippen LogP contribution in [0.3, 0.4) is 0 Å². The van der Waals surface area contributed by atoms with Crippen LogP contribution in [-0.4, -0.2) is 28.5 Å². The van der Waals surface area contributed by atoms with Gasteiger partial charge in [-0.3, -0.25) is 9.20 Å². The van der Waals surface area contributed by atoms with Gasteiger partial charge in [-0.05, 0) is 66.3 Å². The number of rotatable bonds is 6. The van der Waals surface area contributed by atoms with Crippen molar-refractivity contribution >= 4 is 22.5 Å². The Morgan fingerprint density at radius 3 is 2.74 bits per heavy atom. The highest BCUT2D eigenvalue weighted by molar-refractivity contribution is 5.97. The van der Waals surface area contributed by atoms with Crippen molar-refractivity contribution in [2.45, 2.75) is 31.8 Å². The molecule has 0 aliphatic carbocycles. The van der Waals surface area contributed by atoms with Crippen LogP contribution < -0.4 is 10.5 Å². The molecule has 0 spiro atoms. The summed E-state index contributed by atoms with van der Waals surface area (Å²) in [5.41, 5.74) is 11.6. The number of imidazole rings is 1. The third-order valence-corrected chi connectivity index (χ3v) is 7.53. The summed E-state index contributed by atoms with van der Waals surface area (Å²) >= 11 is 0. The fraction of sp³-hybridized carbons (Fsp3) is 0.226. The number of ether oxygens (including phenoxy) is 2. The molecule has 1 amide bonds. The number of hydrogen-bond acceptors (Lipinski definition) is 4. The van der Waals surface area contributed by atoms with Crippen LogP contribution in [0.5, 0.6) is 5.75 Å². The number of carbonyl (C=O) groups excluding carboxylic acids is 1. The summed E-state index contributed by atoms with van der Waals surface area (Å²) in [7, 11) is 0. The number of fused-ring (bicyclic) bond motifs is 3. The number of benzene rings is 3. The molecule has 2 aromatic heterocycles. The molecular formula is C31H28FN3O3. The standard InChI is InChI=1S/C31H28FN3O3/c1-20-3-2-4-22(13-20)27-18-29-34-9-10-35(29)28-14-21(5-6-26(27)28)19-38-25-16-23(15-24(32)17-25)31(30(33)36)7-11-37-12-8-31/h2-6,9-10,13-18H,7-8,11-12,19H2,1H3,(H2,33,36). The zero-order valence-corrected chi connectivity index (χ0v) is 21.1.